The van der Waals surface area contributed by atoms with Gasteiger partial charge in [-0.15, -0.1) is 0 Å². The molecular weight excluding hydrogens is 172 g/mol. The van der Waals surface area contributed by atoms with Crippen LogP contribution in [0.25, 0.3) is 0 Å². The summed E-state index contributed by atoms with van der Waals surface area (Å²) in [6, 6.07) is 0.630. The first kappa shape index (κ1) is 13.9. The van der Waals surface area contributed by atoms with E-state index >= 15 is 0 Å². The molecule has 0 heterocycles. The molecule has 0 aromatic carbocycles. The lowest BCUT2D eigenvalue weighted by Crippen LogP contribution is -2.23. The van der Waals surface area contributed by atoms with Crippen molar-refractivity contribution in [2.75, 3.05) is 19.6 Å². The predicted molar refractivity (Wildman–Crippen MR) is 64.5 cm³/mol. The zero-order chi connectivity index (χ0) is 10.6. The van der Waals surface area contributed by atoms with Crippen LogP contribution in [0.4, 0.5) is 0 Å². The fourth-order valence-corrected chi connectivity index (χ4v) is 1.32. The summed E-state index contributed by atoms with van der Waals surface area (Å²) < 4.78 is 0. The molecule has 0 aliphatic carbocycles. The average molecular weight is 199 g/mol. The van der Waals surface area contributed by atoms with Crippen molar-refractivity contribution in [1.82, 2.24) is 10.6 Å². The lowest BCUT2D eigenvalue weighted by atomic mass is 10.2. The highest BCUT2D eigenvalue weighted by atomic mass is 14.9. The Morgan fingerprint density at radius 2 is 1.57 bits per heavy atom. The molecule has 2 N–H and O–H groups in total. The van der Waals surface area contributed by atoms with Crippen LogP contribution in [0, 0.1) is 6.92 Å². The SMILES string of the molecule is [CH2]CCCNCCCCCNC(C)C. The highest BCUT2D eigenvalue weighted by Gasteiger charge is 1.92. The molecule has 0 aromatic heterocycles. The summed E-state index contributed by atoms with van der Waals surface area (Å²) >= 11 is 0. The van der Waals surface area contributed by atoms with E-state index in [1.165, 1.54) is 32.2 Å². The largest absolute Gasteiger partial charge is 0.317 e. The van der Waals surface area contributed by atoms with Gasteiger partial charge in [0.1, 0.15) is 0 Å². The van der Waals surface area contributed by atoms with Gasteiger partial charge in [-0.1, -0.05) is 33.6 Å². The number of rotatable bonds is 10. The zero-order valence-corrected chi connectivity index (χ0v) is 9.94. The van der Waals surface area contributed by atoms with Gasteiger partial charge in [0.2, 0.25) is 0 Å². The van der Waals surface area contributed by atoms with Crippen molar-refractivity contribution in [2.45, 2.75) is 52.0 Å². The minimum atomic E-state index is 0.630. The average Bonchev–Trinajstić information content (AvgIpc) is 2.15. The van der Waals surface area contributed by atoms with Gasteiger partial charge in [0.25, 0.3) is 0 Å². The van der Waals surface area contributed by atoms with E-state index in [1.807, 2.05) is 0 Å². The lowest BCUT2D eigenvalue weighted by molar-refractivity contribution is 0.535. The molecule has 0 aliphatic rings. The van der Waals surface area contributed by atoms with Gasteiger partial charge in [0.15, 0.2) is 0 Å². The van der Waals surface area contributed by atoms with Gasteiger partial charge in [-0.05, 0) is 38.9 Å². The summed E-state index contributed by atoms with van der Waals surface area (Å²) in [5.74, 6) is 0. The standard InChI is InChI=1S/C12H27N2/c1-4-5-9-13-10-7-6-8-11-14-12(2)3/h12-14H,1,4-11H2,2-3H3. The van der Waals surface area contributed by atoms with E-state index in [-0.39, 0.29) is 0 Å². The highest BCUT2D eigenvalue weighted by Crippen LogP contribution is 1.93. The third-order valence-electron chi connectivity index (χ3n) is 2.19. The van der Waals surface area contributed by atoms with Crippen molar-refractivity contribution in [3.63, 3.8) is 0 Å². The quantitative estimate of drug-likeness (QED) is 0.528. The van der Waals surface area contributed by atoms with Gasteiger partial charge in [-0.2, -0.15) is 0 Å². The van der Waals surface area contributed by atoms with Crippen molar-refractivity contribution in [3.8, 4) is 0 Å². The molecule has 2 heteroatoms. The van der Waals surface area contributed by atoms with Crippen LogP contribution >= 0.6 is 0 Å². The van der Waals surface area contributed by atoms with E-state index in [1.54, 1.807) is 0 Å². The molecule has 0 saturated heterocycles. The van der Waals surface area contributed by atoms with E-state index in [0.29, 0.717) is 6.04 Å². The van der Waals surface area contributed by atoms with E-state index in [4.69, 9.17) is 0 Å². The maximum atomic E-state index is 3.81. The fourth-order valence-electron chi connectivity index (χ4n) is 1.32. The summed E-state index contributed by atoms with van der Waals surface area (Å²) in [6.07, 6.45) is 6.18. The molecule has 0 unspecified atom stereocenters. The third kappa shape index (κ3) is 11.9. The van der Waals surface area contributed by atoms with Crippen molar-refractivity contribution < 1.29 is 0 Å². The summed E-state index contributed by atoms with van der Waals surface area (Å²) in [5, 5.41) is 6.85. The molecule has 14 heavy (non-hydrogen) atoms. The van der Waals surface area contributed by atoms with Gasteiger partial charge < -0.3 is 10.6 Å². The molecular formula is C12H27N2. The van der Waals surface area contributed by atoms with Gasteiger partial charge in [-0.3, -0.25) is 0 Å². The van der Waals surface area contributed by atoms with Crippen LogP contribution in [0.5, 0.6) is 0 Å². The van der Waals surface area contributed by atoms with Gasteiger partial charge in [0.05, 0.1) is 0 Å². The second-order valence-electron chi connectivity index (χ2n) is 4.13. The molecule has 2 nitrogen and oxygen atoms in total. The van der Waals surface area contributed by atoms with E-state index < -0.39 is 0 Å². The Labute approximate surface area is 89.9 Å². The normalized spacial score (nSPS) is 11.1. The number of nitrogens with one attached hydrogen (secondary N) is 2. The summed E-state index contributed by atoms with van der Waals surface area (Å²) in [5.41, 5.74) is 0. The Hall–Kier alpha value is -0.0800. The number of hydrogen-bond donors (Lipinski definition) is 2. The molecule has 1 radical (unpaired) electrons. The van der Waals surface area contributed by atoms with Gasteiger partial charge >= 0.3 is 0 Å². The van der Waals surface area contributed by atoms with Crippen molar-refractivity contribution in [3.05, 3.63) is 6.92 Å². The first-order chi connectivity index (χ1) is 6.77. The smallest absolute Gasteiger partial charge is 0.00103 e. The predicted octanol–water partition coefficient (Wildman–Crippen LogP) is 2.36. The first-order valence-electron chi connectivity index (χ1n) is 6.00. The Morgan fingerprint density at radius 1 is 0.929 bits per heavy atom. The summed E-state index contributed by atoms with van der Waals surface area (Å²) in [4.78, 5) is 0. The highest BCUT2D eigenvalue weighted by molar-refractivity contribution is 4.54. The van der Waals surface area contributed by atoms with E-state index in [0.717, 1.165) is 19.5 Å². The lowest BCUT2D eigenvalue weighted by Gasteiger charge is -2.07. The molecule has 85 valence electrons. The monoisotopic (exact) mass is 199 g/mol. The molecule has 0 atom stereocenters. The Morgan fingerprint density at radius 3 is 2.21 bits per heavy atom. The van der Waals surface area contributed by atoms with Crippen LogP contribution in [0.1, 0.15) is 46.0 Å². The number of unbranched alkanes of at least 4 members (excludes halogenated alkanes) is 3. The molecule has 0 amide bonds. The van der Waals surface area contributed by atoms with Crippen LogP contribution < -0.4 is 10.6 Å². The molecule has 0 rings (SSSR count). The van der Waals surface area contributed by atoms with Crippen molar-refractivity contribution >= 4 is 0 Å². The van der Waals surface area contributed by atoms with E-state index in [9.17, 15) is 0 Å². The minimum Gasteiger partial charge on any atom is -0.317 e. The van der Waals surface area contributed by atoms with Gasteiger partial charge in [-0.25, -0.2) is 0 Å². The number of hydrogen-bond acceptors (Lipinski definition) is 2. The Kier molecular flexibility index (Phi) is 10.9. The maximum absolute atomic E-state index is 3.81. The van der Waals surface area contributed by atoms with Crippen LogP contribution in [-0.4, -0.2) is 25.7 Å². The summed E-state index contributed by atoms with van der Waals surface area (Å²) in [7, 11) is 0. The summed E-state index contributed by atoms with van der Waals surface area (Å²) in [6.45, 7) is 11.7. The second-order valence-corrected chi connectivity index (χ2v) is 4.13. The molecule has 0 bridgehead atoms. The maximum Gasteiger partial charge on any atom is 0.00103 e. The topological polar surface area (TPSA) is 24.1 Å². The molecule has 0 aromatic rings. The van der Waals surface area contributed by atoms with Crippen LogP contribution in [0.3, 0.4) is 0 Å². The first-order valence-corrected chi connectivity index (χ1v) is 6.00. The van der Waals surface area contributed by atoms with Crippen LogP contribution in [-0.2, 0) is 0 Å². The van der Waals surface area contributed by atoms with Crippen LogP contribution in [0.2, 0.25) is 0 Å². The van der Waals surface area contributed by atoms with Crippen molar-refractivity contribution in [2.24, 2.45) is 0 Å². The molecule has 0 aliphatic heterocycles. The zero-order valence-electron chi connectivity index (χ0n) is 9.94. The third-order valence-corrected chi connectivity index (χ3v) is 2.19. The van der Waals surface area contributed by atoms with Gasteiger partial charge in [0, 0.05) is 6.04 Å². The fraction of sp³-hybridized carbons (Fsp3) is 0.917. The van der Waals surface area contributed by atoms with Crippen LogP contribution in [0.15, 0.2) is 0 Å². The van der Waals surface area contributed by atoms with E-state index in [2.05, 4.69) is 31.4 Å². The molecule has 0 spiro atoms. The van der Waals surface area contributed by atoms with Crippen molar-refractivity contribution in [1.29, 1.82) is 0 Å². The molecule has 0 saturated carbocycles. The Bertz CT molecular complexity index is 102. The Balaban J connectivity index is 2.85. The second kappa shape index (κ2) is 11.0. The minimum absolute atomic E-state index is 0.630. The molecule has 0 fully saturated rings.